The lowest BCUT2D eigenvalue weighted by Crippen LogP contribution is -2.53. The average molecular weight is 428 g/mol. The Kier molecular flexibility index (Phi) is 8.59. The lowest BCUT2D eigenvalue weighted by molar-refractivity contribution is -0.142. The number of hydrogen-bond acceptors (Lipinski definition) is 3. The van der Waals surface area contributed by atoms with Gasteiger partial charge in [0.2, 0.25) is 11.8 Å². The highest BCUT2D eigenvalue weighted by atomic mass is 35.5. The maximum absolute atomic E-state index is 13.7. The van der Waals surface area contributed by atoms with E-state index in [1.165, 1.54) is 6.42 Å². The molecule has 0 bridgehead atoms. The van der Waals surface area contributed by atoms with Crippen molar-refractivity contribution in [3.8, 4) is 0 Å². The molecule has 7 heteroatoms. The molecule has 2 amide bonds. The van der Waals surface area contributed by atoms with Crippen molar-refractivity contribution in [2.75, 3.05) is 26.2 Å². The van der Waals surface area contributed by atoms with Crippen LogP contribution in [0, 0.1) is 5.92 Å². The van der Waals surface area contributed by atoms with Gasteiger partial charge in [-0.25, -0.2) is 0 Å². The number of nitrogens with zero attached hydrogens (tertiary/aromatic N) is 1. The van der Waals surface area contributed by atoms with E-state index in [0.717, 1.165) is 50.6 Å². The molecule has 2 aliphatic rings. The van der Waals surface area contributed by atoms with Crippen LogP contribution in [0.2, 0.25) is 5.02 Å². The van der Waals surface area contributed by atoms with E-state index in [2.05, 4.69) is 5.32 Å². The van der Waals surface area contributed by atoms with Gasteiger partial charge in [0.15, 0.2) is 0 Å². The van der Waals surface area contributed by atoms with Crippen LogP contribution in [0.1, 0.15) is 50.5 Å². The zero-order chi connectivity index (χ0) is 19.3. The Morgan fingerprint density at radius 1 is 1.14 bits per heavy atom. The van der Waals surface area contributed by atoms with Crippen LogP contribution in [-0.2, 0) is 15.0 Å². The fourth-order valence-corrected chi connectivity index (χ4v) is 4.69. The number of hydrogen-bond donors (Lipinski definition) is 2. The van der Waals surface area contributed by atoms with E-state index in [1.807, 2.05) is 29.2 Å². The van der Waals surface area contributed by atoms with E-state index < -0.39 is 5.41 Å². The lowest BCUT2D eigenvalue weighted by Gasteiger charge is -2.42. The average Bonchev–Trinajstić information content (AvgIpc) is 2.72. The van der Waals surface area contributed by atoms with Gasteiger partial charge in [-0.3, -0.25) is 9.59 Å². The minimum Gasteiger partial charge on any atom is -0.355 e. The fraction of sp³-hybridized carbons (Fsp3) is 0.619. The summed E-state index contributed by atoms with van der Waals surface area (Å²) in [5.41, 5.74) is 6.07. The molecule has 0 aromatic heterocycles. The summed E-state index contributed by atoms with van der Waals surface area (Å²) >= 11 is 6.07. The first-order valence-corrected chi connectivity index (χ1v) is 10.5. The lowest BCUT2D eigenvalue weighted by atomic mass is 9.68. The van der Waals surface area contributed by atoms with Gasteiger partial charge < -0.3 is 16.0 Å². The van der Waals surface area contributed by atoms with Crippen molar-refractivity contribution < 1.29 is 9.59 Å². The Bertz CT molecular complexity index is 660. The smallest absolute Gasteiger partial charge is 0.233 e. The van der Waals surface area contributed by atoms with Crippen LogP contribution in [0.5, 0.6) is 0 Å². The molecule has 1 aromatic carbocycles. The van der Waals surface area contributed by atoms with Crippen molar-refractivity contribution in [2.24, 2.45) is 11.7 Å². The molecule has 2 fully saturated rings. The van der Waals surface area contributed by atoms with E-state index in [-0.39, 0.29) is 30.1 Å². The van der Waals surface area contributed by atoms with Crippen molar-refractivity contribution in [1.82, 2.24) is 10.2 Å². The second-order valence-corrected chi connectivity index (χ2v) is 8.26. The number of carbonyl (C=O) groups excluding carboxylic acids is 2. The number of halogens is 2. The summed E-state index contributed by atoms with van der Waals surface area (Å²) in [7, 11) is 0. The third kappa shape index (κ3) is 5.00. The molecule has 1 saturated carbocycles. The van der Waals surface area contributed by atoms with E-state index in [0.29, 0.717) is 24.7 Å². The molecule has 1 heterocycles. The van der Waals surface area contributed by atoms with Crippen LogP contribution in [0.3, 0.4) is 0 Å². The number of piperidine rings is 1. The molecular weight excluding hydrogens is 397 g/mol. The summed E-state index contributed by atoms with van der Waals surface area (Å²) in [6.07, 6.45) is 6.72. The standard InChI is InChI=1S/C21H30ClN3O2.ClH/c22-18-8-6-17(7-9-18)21(10-2-1-3-11-21)20(27)25-14-4-5-16(15-25)19(26)24-13-12-23;/h6-9,16H,1-5,10-15,23H2,(H,24,26);1H. The van der Waals surface area contributed by atoms with Crippen LogP contribution in [0.15, 0.2) is 24.3 Å². The van der Waals surface area contributed by atoms with Gasteiger partial charge in [0.25, 0.3) is 0 Å². The van der Waals surface area contributed by atoms with Gasteiger partial charge >= 0.3 is 0 Å². The molecule has 3 rings (SSSR count). The third-order valence-electron chi connectivity index (χ3n) is 6.04. The van der Waals surface area contributed by atoms with E-state index in [4.69, 9.17) is 17.3 Å². The maximum atomic E-state index is 13.7. The number of carbonyl (C=O) groups is 2. The van der Waals surface area contributed by atoms with E-state index >= 15 is 0 Å². The van der Waals surface area contributed by atoms with Crippen molar-refractivity contribution in [3.63, 3.8) is 0 Å². The highest BCUT2D eigenvalue weighted by Crippen LogP contribution is 2.42. The number of benzene rings is 1. The fourth-order valence-electron chi connectivity index (χ4n) is 4.57. The Morgan fingerprint density at radius 3 is 2.46 bits per heavy atom. The molecule has 28 heavy (non-hydrogen) atoms. The predicted molar refractivity (Wildman–Crippen MR) is 115 cm³/mol. The van der Waals surface area contributed by atoms with Crippen molar-refractivity contribution in [2.45, 2.75) is 50.4 Å². The second kappa shape index (κ2) is 10.5. The van der Waals surface area contributed by atoms with Crippen LogP contribution in [0.4, 0.5) is 0 Å². The van der Waals surface area contributed by atoms with Crippen LogP contribution < -0.4 is 11.1 Å². The van der Waals surface area contributed by atoms with Gasteiger partial charge in [-0.05, 0) is 43.4 Å². The van der Waals surface area contributed by atoms with Crippen LogP contribution in [-0.4, -0.2) is 42.9 Å². The molecule has 1 aliphatic carbocycles. The van der Waals surface area contributed by atoms with Crippen molar-refractivity contribution in [1.29, 1.82) is 0 Å². The first kappa shape index (κ1) is 23.0. The topological polar surface area (TPSA) is 75.4 Å². The molecule has 1 saturated heterocycles. The first-order valence-electron chi connectivity index (χ1n) is 10.1. The zero-order valence-corrected chi connectivity index (χ0v) is 17.9. The molecule has 0 spiro atoms. The molecule has 1 aliphatic heterocycles. The largest absolute Gasteiger partial charge is 0.355 e. The Hall–Kier alpha value is -1.30. The molecule has 1 unspecified atom stereocenters. The van der Waals surface area contributed by atoms with Crippen LogP contribution >= 0.6 is 24.0 Å². The van der Waals surface area contributed by atoms with Gasteiger partial charge in [0.05, 0.1) is 11.3 Å². The molecule has 156 valence electrons. The molecule has 5 nitrogen and oxygen atoms in total. The zero-order valence-electron chi connectivity index (χ0n) is 16.3. The number of likely N-dealkylation sites (tertiary alicyclic amines) is 1. The van der Waals surface area contributed by atoms with E-state index in [9.17, 15) is 9.59 Å². The molecule has 3 N–H and O–H groups in total. The van der Waals surface area contributed by atoms with E-state index in [1.54, 1.807) is 0 Å². The number of nitrogens with two attached hydrogens (primary N) is 1. The van der Waals surface area contributed by atoms with Crippen LogP contribution in [0.25, 0.3) is 0 Å². The maximum Gasteiger partial charge on any atom is 0.233 e. The van der Waals surface area contributed by atoms with Crippen molar-refractivity contribution >= 4 is 35.8 Å². The third-order valence-corrected chi connectivity index (χ3v) is 6.29. The summed E-state index contributed by atoms with van der Waals surface area (Å²) < 4.78 is 0. The summed E-state index contributed by atoms with van der Waals surface area (Å²) in [6, 6.07) is 7.75. The molecular formula is C21H31Cl2N3O2. The second-order valence-electron chi connectivity index (χ2n) is 7.82. The Labute approximate surface area is 178 Å². The highest BCUT2D eigenvalue weighted by Gasteiger charge is 2.44. The monoisotopic (exact) mass is 427 g/mol. The summed E-state index contributed by atoms with van der Waals surface area (Å²) in [5, 5.41) is 3.56. The Balaban J connectivity index is 0.00000280. The number of rotatable bonds is 5. The molecule has 1 atom stereocenters. The van der Waals surface area contributed by atoms with Gasteiger partial charge in [0, 0.05) is 31.2 Å². The first-order chi connectivity index (χ1) is 13.1. The number of amides is 2. The summed E-state index contributed by atoms with van der Waals surface area (Å²) in [5.74, 6) is 0.0584. The SMILES string of the molecule is Cl.NCCNC(=O)C1CCCN(C(=O)C2(c3ccc(Cl)cc3)CCCCC2)C1. The van der Waals surface area contributed by atoms with Gasteiger partial charge in [-0.15, -0.1) is 12.4 Å². The van der Waals surface area contributed by atoms with Gasteiger partial charge in [-0.1, -0.05) is 43.0 Å². The summed E-state index contributed by atoms with van der Waals surface area (Å²) in [6.45, 7) is 2.15. The minimum absolute atomic E-state index is 0. The minimum atomic E-state index is -0.474. The molecule has 0 radical (unpaired) electrons. The summed E-state index contributed by atoms with van der Waals surface area (Å²) in [4.78, 5) is 28.0. The van der Waals surface area contributed by atoms with Crippen molar-refractivity contribution in [3.05, 3.63) is 34.9 Å². The molecule has 1 aromatic rings. The van der Waals surface area contributed by atoms with Gasteiger partial charge in [-0.2, -0.15) is 0 Å². The number of nitrogens with one attached hydrogen (secondary N) is 1. The Morgan fingerprint density at radius 2 is 1.82 bits per heavy atom. The normalized spacial score (nSPS) is 21.5. The predicted octanol–water partition coefficient (Wildman–Crippen LogP) is 3.28. The quantitative estimate of drug-likeness (QED) is 0.756. The van der Waals surface area contributed by atoms with Gasteiger partial charge in [0.1, 0.15) is 0 Å². The highest BCUT2D eigenvalue weighted by molar-refractivity contribution is 6.30.